The number of carbonyl (C=O) groups excluding carboxylic acids is 1. The molecule has 3 aromatic rings. The van der Waals surface area contributed by atoms with Crippen LogP contribution in [0.25, 0.3) is 0 Å². The van der Waals surface area contributed by atoms with Crippen LogP contribution < -0.4 is 5.43 Å². The number of carbonyl (C=O) groups is 1. The van der Waals surface area contributed by atoms with Gasteiger partial charge in [0.25, 0.3) is 5.91 Å². The van der Waals surface area contributed by atoms with Gasteiger partial charge in [-0.1, -0.05) is 44.5 Å². The van der Waals surface area contributed by atoms with Crippen molar-refractivity contribution in [3.63, 3.8) is 0 Å². The summed E-state index contributed by atoms with van der Waals surface area (Å²) < 4.78 is 0. The van der Waals surface area contributed by atoms with Crippen molar-refractivity contribution in [1.82, 2.24) is 15.6 Å². The first-order chi connectivity index (χ1) is 14.2. The lowest BCUT2D eigenvalue weighted by molar-refractivity contribution is 0.0950. The largest absolute Gasteiger partial charge is 0.507 e. The maximum atomic E-state index is 12.2. The molecule has 0 saturated carbocycles. The molecule has 3 rings (SSSR count). The van der Waals surface area contributed by atoms with Crippen molar-refractivity contribution in [3.8, 4) is 5.75 Å². The molecule has 0 aliphatic heterocycles. The van der Waals surface area contributed by atoms with Crippen molar-refractivity contribution in [2.24, 2.45) is 15.3 Å². The Kier molecular flexibility index (Phi) is 6.27. The van der Waals surface area contributed by atoms with E-state index in [1.807, 2.05) is 26.8 Å². The highest BCUT2D eigenvalue weighted by atomic mass is 35.5. The lowest BCUT2D eigenvalue weighted by atomic mass is 9.92. The van der Waals surface area contributed by atoms with E-state index in [1.165, 1.54) is 12.3 Å². The predicted octanol–water partition coefficient (Wildman–Crippen LogP) is 5.25. The fourth-order valence-corrected chi connectivity index (χ4v) is 2.57. The number of nitrogens with zero attached hydrogens (tertiary/aromatic N) is 4. The Morgan fingerprint density at radius 2 is 1.93 bits per heavy atom. The molecule has 0 bridgehead atoms. The van der Waals surface area contributed by atoms with Gasteiger partial charge < -0.3 is 5.11 Å². The van der Waals surface area contributed by atoms with Crippen molar-refractivity contribution < 1.29 is 9.90 Å². The van der Waals surface area contributed by atoms with Crippen LogP contribution >= 0.6 is 11.6 Å². The second-order valence-corrected chi connectivity index (χ2v) is 7.92. The van der Waals surface area contributed by atoms with Gasteiger partial charge in [-0.05, 0) is 36.4 Å². The lowest BCUT2D eigenvalue weighted by Crippen LogP contribution is -2.18. The van der Waals surface area contributed by atoms with E-state index in [-0.39, 0.29) is 16.9 Å². The van der Waals surface area contributed by atoms with Gasteiger partial charge in [0.15, 0.2) is 5.69 Å². The maximum absolute atomic E-state index is 12.2. The molecule has 8 nitrogen and oxygen atoms in total. The molecule has 0 aliphatic rings. The van der Waals surface area contributed by atoms with E-state index in [9.17, 15) is 9.90 Å². The molecule has 0 aliphatic carbocycles. The first kappa shape index (κ1) is 21.2. The normalized spacial score (nSPS) is 12.0. The average molecular weight is 425 g/mol. The monoisotopic (exact) mass is 424 g/mol. The van der Waals surface area contributed by atoms with Crippen LogP contribution in [0.3, 0.4) is 0 Å². The molecule has 1 aromatic heterocycles. The molecule has 0 saturated heterocycles. The quantitative estimate of drug-likeness (QED) is 0.295. The number of amides is 1. The Hall–Kier alpha value is -3.52. The zero-order valence-corrected chi connectivity index (χ0v) is 17.5. The number of phenolic OH excluding ortho intramolecular Hbond substituents is 1. The molecule has 154 valence electrons. The number of azo groups is 1. The number of benzene rings is 2. The smallest absolute Gasteiger partial charge is 0.291 e. The zero-order valence-electron chi connectivity index (χ0n) is 16.7. The number of H-pyrrole nitrogens is 1. The first-order valence-electron chi connectivity index (χ1n) is 9.12. The highest BCUT2D eigenvalue weighted by molar-refractivity contribution is 6.32. The van der Waals surface area contributed by atoms with Crippen molar-refractivity contribution >= 4 is 35.1 Å². The first-order valence-corrected chi connectivity index (χ1v) is 9.50. The highest BCUT2D eigenvalue weighted by Crippen LogP contribution is 2.28. The second kappa shape index (κ2) is 8.87. The van der Waals surface area contributed by atoms with Crippen molar-refractivity contribution in [3.05, 3.63) is 70.5 Å². The van der Waals surface area contributed by atoms with Gasteiger partial charge in [0.1, 0.15) is 11.4 Å². The van der Waals surface area contributed by atoms with Crippen molar-refractivity contribution in [2.45, 2.75) is 26.2 Å². The zero-order chi connectivity index (χ0) is 21.7. The van der Waals surface area contributed by atoms with Gasteiger partial charge >= 0.3 is 0 Å². The van der Waals surface area contributed by atoms with E-state index < -0.39 is 5.91 Å². The Morgan fingerprint density at radius 3 is 2.63 bits per heavy atom. The van der Waals surface area contributed by atoms with Crippen LogP contribution in [-0.2, 0) is 5.41 Å². The third-order valence-electron chi connectivity index (χ3n) is 4.13. The Labute approximate surface area is 178 Å². The second-order valence-electron chi connectivity index (χ2n) is 7.51. The molecule has 0 unspecified atom stereocenters. The van der Waals surface area contributed by atoms with Crippen LogP contribution in [0.2, 0.25) is 5.02 Å². The number of rotatable bonds is 5. The Morgan fingerprint density at radius 1 is 1.17 bits per heavy atom. The van der Waals surface area contributed by atoms with Crippen molar-refractivity contribution in [2.75, 3.05) is 0 Å². The number of phenols is 1. The minimum atomic E-state index is -0.466. The Bertz CT molecular complexity index is 1110. The number of aromatic amines is 1. The standard InChI is InChI=1S/C21H21ClN6O2/c1-21(2,3)19-11-17(26-27-19)20(30)28-23-12-13-10-14(8-9-18(13)29)24-25-16-7-5-4-6-15(16)22/h4-12,29H,1-3H3,(H,26,27)(H,28,30)/b23-12-,25-24?. The van der Waals surface area contributed by atoms with E-state index in [0.29, 0.717) is 22.0 Å². The minimum Gasteiger partial charge on any atom is -0.507 e. The maximum Gasteiger partial charge on any atom is 0.291 e. The molecule has 0 radical (unpaired) electrons. The minimum absolute atomic E-state index is 0.0144. The van der Waals surface area contributed by atoms with Crippen LogP contribution in [0.5, 0.6) is 5.75 Å². The summed E-state index contributed by atoms with van der Waals surface area (Å²) in [4.78, 5) is 12.2. The van der Waals surface area contributed by atoms with Crippen LogP contribution in [0.1, 0.15) is 42.5 Å². The molecule has 1 heterocycles. The van der Waals surface area contributed by atoms with Crippen LogP contribution in [-0.4, -0.2) is 27.4 Å². The number of halogens is 1. The number of hydrazone groups is 1. The number of aromatic hydroxyl groups is 1. The number of nitrogens with one attached hydrogen (secondary N) is 2. The summed E-state index contributed by atoms with van der Waals surface area (Å²) in [5, 5.41) is 29.5. The van der Waals surface area contributed by atoms with Crippen LogP contribution in [0.15, 0.2) is 63.9 Å². The summed E-state index contributed by atoms with van der Waals surface area (Å²) in [6, 6.07) is 13.4. The third kappa shape index (κ3) is 5.30. The van der Waals surface area contributed by atoms with Crippen molar-refractivity contribution in [1.29, 1.82) is 0 Å². The summed E-state index contributed by atoms with van der Waals surface area (Å²) in [6.07, 6.45) is 1.32. The molecular weight excluding hydrogens is 404 g/mol. The lowest BCUT2D eigenvalue weighted by Gasteiger charge is -2.14. The SMILES string of the molecule is CC(C)(C)c1cc(C(=O)N/N=C\c2cc(N=Nc3ccccc3Cl)ccc2O)n[nH]1. The van der Waals surface area contributed by atoms with E-state index >= 15 is 0 Å². The van der Waals surface area contributed by atoms with Gasteiger partial charge in [-0.25, -0.2) is 5.43 Å². The molecule has 3 N–H and O–H groups in total. The summed E-state index contributed by atoms with van der Waals surface area (Å²) in [5.74, 6) is -0.480. The van der Waals surface area contributed by atoms with E-state index in [4.69, 9.17) is 11.6 Å². The van der Waals surface area contributed by atoms with Gasteiger partial charge in [-0.3, -0.25) is 9.89 Å². The van der Waals surface area contributed by atoms with Gasteiger partial charge in [0, 0.05) is 16.7 Å². The average Bonchev–Trinajstić information content (AvgIpc) is 3.20. The summed E-state index contributed by atoms with van der Waals surface area (Å²) in [5.41, 5.74) is 4.68. The third-order valence-corrected chi connectivity index (χ3v) is 4.44. The van der Waals surface area contributed by atoms with Crippen LogP contribution in [0.4, 0.5) is 11.4 Å². The summed E-state index contributed by atoms with van der Waals surface area (Å²) >= 11 is 6.06. The van der Waals surface area contributed by atoms with Gasteiger partial charge in [0.2, 0.25) is 0 Å². The van der Waals surface area contributed by atoms with E-state index in [0.717, 1.165) is 5.69 Å². The molecule has 30 heavy (non-hydrogen) atoms. The number of hydrogen-bond acceptors (Lipinski definition) is 6. The van der Waals surface area contributed by atoms with E-state index in [1.54, 1.807) is 36.4 Å². The highest BCUT2D eigenvalue weighted by Gasteiger charge is 2.19. The topological polar surface area (TPSA) is 115 Å². The molecular formula is C21H21ClN6O2. The Balaban J connectivity index is 1.69. The molecule has 0 atom stereocenters. The summed E-state index contributed by atoms with van der Waals surface area (Å²) in [6.45, 7) is 6.04. The van der Waals surface area contributed by atoms with Gasteiger partial charge in [-0.15, -0.1) is 5.11 Å². The number of hydrogen-bond donors (Lipinski definition) is 3. The summed E-state index contributed by atoms with van der Waals surface area (Å²) in [7, 11) is 0. The van der Waals surface area contributed by atoms with Gasteiger partial charge in [-0.2, -0.15) is 15.3 Å². The van der Waals surface area contributed by atoms with Crippen LogP contribution in [0, 0.1) is 0 Å². The molecule has 0 fully saturated rings. The predicted molar refractivity (Wildman–Crippen MR) is 116 cm³/mol. The fourth-order valence-electron chi connectivity index (χ4n) is 2.39. The molecule has 1 amide bonds. The van der Waals surface area contributed by atoms with E-state index in [2.05, 4.69) is 31.0 Å². The number of aromatic nitrogens is 2. The molecule has 2 aromatic carbocycles. The molecule has 0 spiro atoms. The molecule has 9 heteroatoms. The van der Waals surface area contributed by atoms with Gasteiger partial charge in [0.05, 0.1) is 16.9 Å². The fraction of sp³-hybridized carbons (Fsp3) is 0.190.